The molecule has 0 spiro atoms. The molecule has 1 heterocycles. The molecule has 5 heteroatoms. The highest BCUT2D eigenvalue weighted by Gasteiger charge is 1.57. The Balaban J connectivity index is 0.000000148. The summed E-state index contributed by atoms with van der Waals surface area (Å²) >= 11 is 0. The summed E-state index contributed by atoms with van der Waals surface area (Å²) < 4.78 is 3.86. The molecule has 0 amide bonds. The summed E-state index contributed by atoms with van der Waals surface area (Å²) in [5.74, 6) is 0. The van der Waals surface area contributed by atoms with Crippen molar-refractivity contribution in [2.75, 3.05) is 7.11 Å². The van der Waals surface area contributed by atoms with Crippen molar-refractivity contribution in [3.05, 3.63) is 12.7 Å². The Hall–Kier alpha value is -1.39. The number of ether oxygens (including phenoxy) is 1. The van der Waals surface area contributed by atoms with Crippen molar-refractivity contribution < 1.29 is 9.53 Å². The van der Waals surface area contributed by atoms with Crippen LogP contribution >= 0.6 is 0 Å². The molecule has 0 aliphatic carbocycles. The largest absolute Gasteiger partial charge is 0.471 e. The molecule has 0 aromatic carbocycles. The van der Waals surface area contributed by atoms with Crippen molar-refractivity contribution in [1.29, 1.82) is 0 Å². The van der Waals surface area contributed by atoms with Crippen LogP contribution in [0.25, 0.3) is 0 Å². The second-order valence-corrected chi connectivity index (χ2v) is 0.984. The molecule has 1 rings (SSSR count). The molecule has 5 nitrogen and oxygen atoms in total. The first-order chi connectivity index (χ1) is 4.41. The predicted octanol–water partition coefficient (Wildman–Crippen LogP) is -0.406. The molecule has 9 heavy (non-hydrogen) atoms. The lowest BCUT2D eigenvalue weighted by atomic mass is 11.3. The van der Waals surface area contributed by atoms with Crippen LogP contribution in [0.15, 0.2) is 12.7 Å². The standard InChI is InChI=1S/C2H3N3.C2H4O2/c1-3-2-5-4-1;1-4-2-3/h1-2H,(H,3,4,5);2H,1H3. The van der Waals surface area contributed by atoms with E-state index >= 15 is 0 Å². The number of rotatable bonds is 1. The number of hydrogen-bond acceptors (Lipinski definition) is 4. The monoisotopic (exact) mass is 129 g/mol. The predicted molar refractivity (Wildman–Crippen MR) is 29.5 cm³/mol. The molecule has 0 bridgehead atoms. The van der Waals surface area contributed by atoms with Gasteiger partial charge in [0, 0.05) is 0 Å². The number of aromatic amines is 1. The van der Waals surface area contributed by atoms with E-state index in [0.29, 0.717) is 6.47 Å². The van der Waals surface area contributed by atoms with E-state index in [1.807, 2.05) is 0 Å². The third kappa shape index (κ3) is 6.61. The summed E-state index contributed by atoms with van der Waals surface area (Å²) in [5, 5.41) is 5.99. The van der Waals surface area contributed by atoms with Crippen molar-refractivity contribution in [3.8, 4) is 0 Å². The lowest BCUT2D eigenvalue weighted by Gasteiger charge is -1.67. The summed E-state index contributed by atoms with van der Waals surface area (Å²) in [7, 11) is 1.31. The number of hydrogen-bond donors (Lipinski definition) is 1. The van der Waals surface area contributed by atoms with Crippen LogP contribution in [0.5, 0.6) is 0 Å². The first-order valence-corrected chi connectivity index (χ1v) is 2.17. The smallest absolute Gasteiger partial charge is 0.292 e. The average Bonchev–Trinajstić information content (AvgIpc) is 2.43. The lowest BCUT2D eigenvalue weighted by Crippen LogP contribution is -1.68. The zero-order chi connectivity index (χ0) is 6.95. The van der Waals surface area contributed by atoms with Crippen LogP contribution in [-0.4, -0.2) is 28.8 Å². The molecule has 50 valence electrons. The van der Waals surface area contributed by atoms with Crippen LogP contribution in [0.4, 0.5) is 0 Å². The lowest BCUT2D eigenvalue weighted by molar-refractivity contribution is -0.126. The number of H-pyrrole nitrogens is 1. The molecule has 0 aliphatic heterocycles. The van der Waals surface area contributed by atoms with Crippen LogP contribution in [-0.2, 0) is 9.53 Å². The number of aromatic nitrogens is 3. The molecular weight excluding hydrogens is 122 g/mol. The number of carbonyl (C=O) groups excluding carboxylic acids is 1. The fraction of sp³-hybridized carbons (Fsp3) is 0.250. The van der Waals surface area contributed by atoms with Crippen LogP contribution in [0.3, 0.4) is 0 Å². The Morgan fingerprint density at radius 2 is 2.44 bits per heavy atom. The molecule has 0 unspecified atom stereocenters. The number of carbonyl (C=O) groups is 1. The Labute approximate surface area is 52.1 Å². The molecule has 0 fully saturated rings. The van der Waals surface area contributed by atoms with Gasteiger partial charge in [0.15, 0.2) is 0 Å². The van der Waals surface area contributed by atoms with Gasteiger partial charge in [-0.15, -0.1) is 0 Å². The average molecular weight is 129 g/mol. The molecule has 0 radical (unpaired) electrons. The van der Waals surface area contributed by atoms with Crippen molar-refractivity contribution in [3.63, 3.8) is 0 Å². The highest BCUT2D eigenvalue weighted by atomic mass is 16.5. The van der Waals surface area contributed by atoms with E-state index in [1.54, 1.807) is 0 Å². The minimum atomic E-state index is 0.375. The molecule has 0 saturated carbocycles. The Bertz CT molecular complexity index is 111. The van der Waals surface area contributed by atoms with Gasteiger partial charge in [-0.25, -0.2) is 4.98 Å². The second kappa shape index (κ2) is 6.61. The van der Waals surface area contributed by atoms with Crippen molar-refractivity contribution in [2.24, 2.45) is 0 Å². The Kier molecular flexibility index (Phi) is 5.59. The van der Waals surface area contributed by atoms with Gasteiger partial charge in [0.25, 0.3) is 6.47 Å². The van der Waals surface area contributed by atoms with E-state index in [4.69, 9.17) is 4.79 Å². The maximum absolute atomic E-state index is 8.95. The second-order valence-electron chi connectivity index (χ2n) is 0.984. The van der Waals surface area contributed by atoms with Gasteiger partial charge in [0.2, 0.25) is 0 Å². The van der Waals surface area contributed by atoms with Gasteiger partial charge in [-0.2, -0.15) is 5.10 Å². The quantitative estimate of drug-likeness (QED) is 0.523. The number of nitrogens with zero attached hydrogens (tertiary/aromatic N) is 2. The topological polar surface area (TPSA) is 67.9 Å². The van der Waals surface area contributed by atoms with E-state index in [2.05, 4.69) is 19.9 Å². The van der Waals surface area contributed by atoms with E-state index in [0.717, 1.165) is 0 Å². The fourth-order valence-electron chi connectivity index (χ4n) is 0.167. The fourth-order valence-corrected chi connectivity index (χ4v) is 0.167. The summed E-state index contributed by atoms with van der Waals surface area (Å²) in [6.07, 6.45) is 2.96. The van der Waals surface area contributed by atoms with E-state index in [9.17, 15) is 0 Å². The number of methoxy groups -OCH3 is 1. The molecule has 0 aliphatic rings. The van der Waals surface area contributed by atoms with Crippen LogP contribution in [0.1, 0.15) is 0 Å². The normalized spacial score (nSPS) is 6.78. The van der Waals surface area contributed by atoms with Gasteiger partial charge < -0.3 is 4.74 Å². The maximum Gasteiger partial charge on any atom is 0.292 e. The summed E-state index contributed by atoms with van der Waals surface area (Å²) in [4.78, 5) is 12.5. The zero-order valence-electron chi connectivity index (χ0n) is 4.94. The summed E-state index contributed by atoms with van der Waals surface area (Å²) in [5.41, 5.74) is 0. The van der Waals surface area contributed by atoms with Gasteiger partial charge in [-0.1, -0.05) is 0 Å². The van der Waals surface area contributed by atoms with Gasteiger partial charge in [-0.05, 0) is 0 Å². The van der Waals surface area contributed by atoms with E-state index in [-0.39, 0.29) is 0 Å². The summed E-state index contributed by atoms with van der Waals surface area (Å²) in [6, 6.07) is 0. The molecule has 1 N–H and O–H groups in total. The minimum Gasteiger partial charge on any atom is -0.471 e. The molecular formula is C4H7N3O2. The SMILES string of the molecule is COC=O.c1nc[nH]n1. The molecule has 1 aromatic heterocycles. The van der Waals surface area contributed by atoms with E-state index in [1.165, 1.54) is 19.8 Å². The van der Waals surface area contributed by atoms with Gasteiger partial charge in [0.05, 0.1) is 7.11 Å². The molecule has 0 atom stereocenters. The van der Waals surface area contributed by atoms with Crippen molar-refractivity contribution in [2.45, 2.75) is 0 Å². The third-order valence-corrected chi connectivity index (χ3v) is 0.427. The molecule has 0 saturated heterocycles. The van der Waals surface area contributed by atoms with E-state index < -0.39 is 0 Å². The van der Waals surface area contributed by atoms with Crippen LogP contribution < -0.4 is 0 Å². The first-order valence-electron chi connectivity index (χ1n) is 2.17. The minimum absolute atomic E-state index is 0.375. The van der Waals surface area contributed by atoms with Crippen LogP contribution in [0, 0.1) is 0 Å². The Morgan fingerprint density at radius 3 is 2.56 bits per heavy atom. The van der Waals surface area contributed by atoms with Gasteiger partial charge in [-0.3, -0.25) is 9.89 Å². The first kappa shape index (κ1) is 7.61. The Morgan fingerprint density at radius 1 is 1.78 bits per heavy atom. The van der Waals surface area contributed by atoms with Gasteiger partial charge in [0.1, 0.15) is 12.7 Å². The number of nitrogens with one attached hydrogen (secondary N) is 1. The van der Waals surface area contributed by atoms with Crippen molar-refractivity contribution in [1.82, 2.24) is 15.2 Å². The maximum atomic E-state index is 8.95. The highest BCUT2D eigenvalue weighted by Crippen LogP contribution is 1.53. The van der Waals surface area contributed by atoms with Crippen molar-refractivity contribution >= 4 is 6.47 Å². The summed E-state index contributed by atoms with van der Waals surface area (Å²) in [6.45, 7) is 0.375. The molecule has 1 aromatic rings. The van der Waals surface area contributed by atoms with Gasteiger partial charge >= 0.3 is 0 Å². The highest BCUT2D eigenvalue weighted by molar-refractivity contribution is 5.36. The third-order valence-electron chi connectivity index (χ3n) is 0.427. The zero-order valence-corrected chi connectivity index (χ0v) is 4.94. The van der Waals surface area contributed by atoms with Crippen LogP contribution in [0.2, 0.25) is 0 Å².